The molecule has 30 heavy (non-hydrogen) atoms. The maximum Gasteiger partial charge on any atom is 0.283 e. The molecule has 154 valence electrons. The van der Waals surface area contributed by atoms with E-state index in [9.17, 15) is 4.79 Å². The molecule has 2 aromatic carbocycles. The molecule has 0 aliphatic heterocycles. The predicted molar refractivity (Wildman–Crippen MR) is 121 cm³/mol. The molecule has 1 N–H and O–H groups in total. The van der Waals surface area contributed by atoms with Crippen molar-refractivity contribution in [1.29, 1.82) is 0 Å². The Labute approximate surface area is 177 Å². The summed E-state index contributed by atoms with van der Waals surface area (Å²) >= 11 is 1.46. The number of aromatic amines is 1. The third-order valence-electron chi connectivity index (χ3n) is 4.75. The number of nitrogens with zero attached hydrogens (tertiary/aromatic N) is 3. The first-order valence-corrected chi connectivity index (χ1v) is 10.3. The Bertz CT molecular complexity index is 1220. The lowest BCUT2D eigenvalue weighted by Gasteiger charge is -2.05. The number of aliphatic imine (C=N–C) groups is 1. The highest BCUT2D eigenvalue weighted by Gasteiger charge is 2.21. The molecule has 0 fully saturated rings. The molecule has 0 saturated heterocycles. The molecular formula is C22H22N4O3S. The van der Waals surface area contributed by atoms with Gasteiger partial charge in [0.15, 0.2) is 0 Å². The molecule has 0 atom stereocenters. The fraction of sp³-hybridized carbons (Fsp3) is 0.227. The fourth-order valence-corrected chi connectivity index (χ4v) is 4.14. The van der Waals surface area contributed by atoms with Gasteiger partial charge in [-0.3, -0.25) is 14.9 Å². The quantitative estimate of drug-likeness (QED) is 0.362. The number of ether oxygens (including phenoxy) is 2. The van der Waals surface area contributed by atoms with E-state index in [2.05, 4.69) is 15.1 Å². The third-order valence-corrected chi connectivity index (χ3v) is 5.77. The second-order valence-corrected chi connectivity index (χ2v) is 7.66. The average Bonchev–Trinajstić information content (AvgIpc) is 3.34. The summed E-state index contributed by atoms with van der Waals surface area (Å²) in [7, 11) is 3.25. The zero-order valence-electron chi connectivity index (χ0n) is 17.0. The molecule has 4 rings (SSSR count). The van der Waals surface area contributed by atoms with Crippen LogP contribution in [-0.4, -0.2) is 47.8 Å². The minimum absolute atomic E-state index is 0.182. The molecule has 0 radical (unpaired) electrons. The molecular weight excluding hydrogens is 400 g/mol. The lowest BCUT2D eigenvalue weighted by Crippen LogP contribution is -2.19. The van der Waals surface area contributed by atoms with Crippen molar-refractivity contribution in [2.45, 2.75) is 6.92 Å². The maximum absolute atomic E-state index is 13.4. The number of rotatable bonds is 7. The first kappa shape index (κ1) is 20.1. The van der Waals surface area contributed by atoms with Crippen LogP contribution in [0, 0.1) is 0 Å². The van der Waals surface area contributed by atoms with E-state index in [0.29, 0.717) is 35.3 Å². The summed E-state index contributed by atoms with van der Waals surface area (Å²) in [5, 5.41) is 3.84. The minimum Gasteiger partial charge on any atom is -0.497 e. The Kier molecular flexibility index (Phi) is 5.78. The van der Waals surface area contributed by atoms with Crippen molar-refractivity contribution in [2.75, 3.05) is 27.4 Å². The SMILES string of the molecule is COCCN=C(C)c1c(-c2ccc(OC)cc2)[nH]n(-c2nc3ccccc3s2)c1=O. The largest absolute Gasteiger partial charge is 0.497 e. The van der Waals surface area contributed by atoms with Crippen molar-refractivity contribution < 1.29 is 9.47 Å². The predicted octanol–water partition coefficient (Wildman–Crippen LogP) is 3.91. The van der Waals surface area contributed by atoms with Crippen LogP contribution in [0.4, 0.5) is 0 Å². The molecule has 0 unspecified atom stereocenters. The maximum atomic E-state index is 13.4. The minimum atomic E-state index is -0.182. The van der Waals surface area contributed by atoms with Crippen LogP contribution in [-0.2, 0) is 4.74 Å². The highest BCUT2D eigenvalue weighted by atomic mass is 32.1. The Morgan fingerprint density at radius 2 is 1.93 bits per heavy atom. The van der Waals surface area contributed by atoms with Crippen molar-refractivity contribution in [1.82, 2.24) is 14.8 Å². The molecule has 2 heterocycles. The number of para-hydroxylation sites is 1. The molecule has 0 amide bonds. The second kappa shape index (κ2) is 8.64. The number of thiazole rings is 1. The summed E-state index contributed by atoms with van der Waals surface area (Å²) in [6.07, 6.45) is 0. The monoisotopic (exact) mass is 422 g/mol. The van der Waals surface area contributed by atoms with Crippen LogP contribution < -0.4 is 10.3 Å². The zero-order valence-corrected chi connectivity index (χ0v) is 17.8. The summed E-state index contributed by atoms with van der Waals surface area (Å²) in [6.45, 7) is 2.82. The van der Waals surface area contributed by atoms with E-state index in [0.717, 1.165) is 21.5 Å². The van der Waals surface area contributed by atoms with Crippen LogP contribution >= 0.6 is 11.3 Å². The van der Waals surface area contributed by atoms with E-state index in [1.807, 2.05) is 55.5 Å². The number of benzene rings is 2. The van der Waals surface area contributed by atoms with Gasteiger partial charge in [0.05, 0.1) is 41.7 Å². The Morgan fingerprint density at radius 1 is 1.17 bits per heavy atom. The number of methoxy groups -OCH3 is 2. The van der Waals surface area contributed by atoms with Crippen LogP contribution in [0.1, 0.15) is 12.5 Å². The van der Waals surface area contributed by atoms with Gasteiger partial charge in [-0.05, 0) is 43.3 Å². The molecule has 0 aliphatic rings. The summed E-state index contributed by atoms with van der Waals surface area (Å²) in [5.41, 5.74) is 3.41. The summed E-state index contributed by atoms with van der Waals surface area (Å²) in [5.74, 6) is 0.749. The van der Waals surface area contributed by atoms with Crippen LogP contribution in [0.3, 0.4) is 0 Å². The van der Waals surface area contributed by atoms with Gasteiger partial charge in [0.2, 0.25) is 5.13 Å². The molecule has 0 spiro atoms. The van der Waals surface area contributed by atoms with Gasteiger partial charge in [0.25, 0.3) is 5.56 Å². The van der Waals surface area contributed by atoms with Crippen molar-refractivity contribution in [3.8, 4) is 22.1 Å². The molecule has 0 saturated carbocycles. The van der Waals surface area contributed by atoms with E-state index >= 15 is 0 Å². The van der Waals surface area contributed by atoms with Crippen molar-refractivity contribution in [2.24, 2.45) is 4.99 Å². The van der Waals surface area contributed by atoms with Gasteiger partial charge in [-0.15, -0.1) is 0 Å². The Balaban J connectivity index is 1.87. The number of hydrogen-bond donors (Lipinski definition) is 1. The van der Waals surface area contributed by atoms with Gasteiger partial charge in [-0.2, -0.15) is 4.68 Å². The van der Waals surface area contributed by atoms with Gasteiger partial charge in [0, 0.05) is 18.4 Å². The molecule has 0 bridgehead atoms. The highest BCUT2D eigenvalue weighted by Crippen LogP contribution is 2.27. The van der Waals surface area contributed by atoms with E-state index in [1.54, 1.807) is 14.2 Å². The fourth-order valence-electron chi connectivity index (χ4n) is 3.21. The molecule has 7 nitrogen and oxygen atoms in total. The topological polar surface area (TPSA) is 81.5 Å². The van der Waals surface area contributed by atoms with Gasteiger partial charge < -0.3 is 9.47 Å². The van der Waals surface area contributed by atoms with Crippen LogP contribution in [0.5, 0.6) is 5.75 Å². The Hall–Kier alpha value is -3.23. The second-order valence-electron chi connectivity index (χ2n) is 6.65. The van der Waals surface area contributed by atoms with Crippen molar-refractivity contribution in [3.63, 3.8) is 0 Å². The number of H-pyrrole nitrogens is 1. The number of fused-ring (bicyclic) bond motifs is 1. The lowest BCUT2D eigenvalue weighted by atomic mass is 10.1. The average molecular weight is 423 g/mol. The van der Waals surface area contributed by atoms with Crippen molar-refractivity contribution >= 4 is 27.3 Å². The first-order valence-electron chi connectivity index (χ1n) is 9.48. The van der Waals surface area contributed by atoms with E-state index in [1.165, 1.54) is 16.0 Å². The summed E-state index contributed by atoms with van der Waals surface area (Å²) < 4.78 is 12.9. The molecule has 8 heteroatoms. The summed E-state index contributed by atoms with van der Waals surface area (Å²) in [4.78, 5) is 22.6. The molecule has 4 aromatic rings. The Morgan fingerprint density at radius 3 is 2.63 bits per heavy atom. The number of hydrogen-bond acceptors (Lipinski definition) is 6. The van der Waals surface area contributed by atoms with Crippen LogP contribution in [0.15, 0.2) is 58.3 Å². The normalized spacial score (nSPS) is 11.9. The standard InChI is InChI=1S/C22H22N4O3S/c1-14(23-12-13-28-2)19-20(15-8-10-16(29-3)11-9-15)25-26(21(19)27)22-24-17-6-4-5-7-18(17)30-22/h4-11,25H,12-13H2,1-3H3. The summed E-state index contributed by atoms with van der Waals surface area (Å²) in [6, 6.07) is 15.4. The van der Waals surface area contributed by atoms with Gasteiger partial charge in [-0.25, -0.2) is 4.98 Å². The van der Waals surface area contributed by atoms with E-state index in [4.69, 9.17) is 9.47 Å². The highest BCUT2D eigenvalue weighted by molar-refractivity contribution is 7.20. The van der Waals surface area contributed by atoms with E-state index < -0.39 is 0 Å². The van der Waals surface area contributed by atoms with Crippen LogP contribution in [0.25, 0.3) is 26.6 Å². The van der Waals surface area contributed by atoms with E-state index in [-0.39, 0.29) is 5.56 Å². The number of aromatic nitrogens is 3. The lowest BCUT2D eigenvalue weighted by molar-refractivity contribution is 0.208. The third kappa shape index (κ3) is 3.79. The van der Waals surface area contributed by atoms with Gasteiger partial charge >= 0.3 is 0 Å². The number of nitrogens with one attached hydrogen (secondary N) is 1. The zero-order chi connectivity index (χ0) is 21.1. The molecule has 0 aliphatic carbocycles. The van der Waals surface area contributed by atoms with Crippen molar-refractivity contribution in [3.05, 3.63) is 64.4 Å². The smallest absolute Gasteiger partial charge is 0.283 e. The first-order chi connectivity index (χ1) is 14.6. The van der Waals surface area contributed by atoms with Gasteiger partial charge in [0.1, 0.15) is 5.75 Å². The molecule has 2 aromatic heterocycles. The van der Waals surface area contributed by atoms with Gasteiger partial charge in [-0.1, -0.05) is 23.5 Å². The van der Waals surface area contributed by atoms with Crippen LogP contribution in [0.2, 0.25) is 0 Å².